The molecule has 17 heavy (non-hydrogen) atoms. The van der Waals surface area contributed by atoms with Crippen molar-refractivity contribution in [3.05, 3.63) is 23.5 Å². The van der Waals surface area contributed by atoms with Gasteiger partial charge in [0, 0.05) is 0 Å². The largest absolute Gasteiger partial charge is 0.508 e. The van der Waals surface area contributed by atoms with Gasteiger partial charge in [0.2, 0.25) is 0 Å². The molecule has 0 saturated carbocycles. The van der Waals surface area contributed by atoms with Crippen LogP contribution in [0, 0.1) is 11.8 Å². The summed E-state index contributed by atoms with van der Waals surface area (Å²) >= 11 is 0. The zero-order valence-electron chi connectivity index (χ0n) is 10.9. The maximum atomic E-state index is 9.61. The van der Waals surface area contributed by atoms with Crippen LogP contribution in [-0.4, -0.2) is 18.2 Å². The first-order valence-corrected chi connectivity index (χ1v) is 7.02. The van der Waals surface area contributed by atoms with Gasteiger partial charge >= 0.3 is 0 Å². The summed E-state index contributed by atoms with van der Waals surface area (Å²) in [4.78, 5) is 0. The molecule has 1 saturated heterocycles. The van der Waals surface area contributed by atoms with E-state index in [0.717, 1.165) is 12.3 Å². The van der Waals surface area contributed by atoms with Crippen LogP contribution in [0.25, 0.3) is 0 Å². The predicted molar refractivity (Wildman–Crippen MR) is 72.0 cm³/mol. The van der Waals surface area contributed by atoms with Crippen molar-refractivity contribution in [1.82, 2.24) is 5.32 Å². The summed E-state index contributed by atoms with van der Waals surface area (Å²) in [5.41, 5.74) is 1.32. The Morgan fingerprint density at radius 2 is 2.18 bits per heavy atom. The van der Waals surface area contributed by atoms with Crippen molar-refractivity contribution in [2.24, 2.45) is 11.8 Å². The highest BCUT2D eigenvalue weighted by Gasteiger charge is 2.16. The maximum absolute atomic E-state index is 9.61. The summed E-state index contributed by atoms with van der Waals surface area (Å²) in [6, 6.07) is 0. The topological polar surface area (TPSA) is 32.3 Å². The van der Waals surface area contributed by atoms with Crippen LogP contribution in [-0.2, 0) is 0 Å². The van der Waals surface area contributed by atoms with Crippen LogP contribution in [0.1, 0.15) is 45.4 Å². The molecule has 0 aromatic carbocycles. The fourth-order valence-electron chi connectivity index (χ4n) is 3.09. The Bertz CT molecular complexity index is 298. The molecule has 0 aromatic heterocycles. The minimum absolute atomic E-state index is 0.473. The van der Waals surface area contributed by atoms with Crippen molar-refractivity contribution in [2.75, 3.05) is 13.1 Å². The molecule has 0 amide bonds. The third kappa shape index (κ3) is 4.19. The third-order valence-corrected chi connectivity index (χ3v) is 4.03. The second kappa shape index (κ2) is 6.25. The van der Waals surface area contributed by atoms with Crippen LogP contribution in [0.2, 0.25) is 0 Å². The average molecular weight is 235 g/mol. The highest BCUT2D eigenvalue weighted by atomic mass is 16.3. The summed E-state index contributed by atoms with van der Waals surface area (Å²) in [5, 5.41) is 13.1. The average Bonchev–Trinajstić information content (AvgIpc) is 2.53. The Hall–Kier alpha value is -0.760. The number of rotatable bonds is 3. The normalized spacial score (nSPS) is 30.4. The molecule has 2 rings (SSSR count). The number of aliphatic hydroxyl groups is 1. The summed E-state index contributed by atoms with van der Waals surface area (Å²) in [6.45, 7) is 4.50. The van der Waals surface area contributed by atoms with Gasteiger partial charge in [-0.1, -0.05) is 5.57 Å². The van der Waals surface area contributed by atoms with Gasteiger partial charge in [0.15, 0.2) is 0 Å². The van der Waals surface area contributed by atoms with Gasteiger partial charge in [-0.2, -0.15) is 0 Å². The SMILES string of the molecule is CC1=CC(O)=C[C@@H](CCC2CCCNCC2)C1. The molecule has 1 aliphatic heterocycles. The highest BCUT2D eigenvalue weighted by Crippen LogP contribution is 2.28. The van der Waals surface area contributed by atoms with Gasteiger partial charge in [0.25, 0.3) is 0 Å². The summed E-state index contributed by atoms with van der Waals surface area (Å²) < 4.78 is 0. The lowest BCUT2D eigenvalue weighted by Crippen LogP contribution is -2.14. The van der Waals surface area contributed by atoms with Crippen LogP contribution in [0.3, 0.4) is 0 Å². The lowest BCUT2D eigenvalue weighted by molar-refractivity contribution is 0.375. The molecule has 0 bridgehead atoms. The van der Waals surface area contributed by atoms with E-state index in [1.807, 2.05) is 12.2 Å². The van der Waals surface area contributed by atoms with Gasteiger partial charge in [-0.05, 0) is 82.5 Å². The van der Waals surface area contributed by atoms with Crippen molar-refractivity contribution in [3.63, 3.8) is 0 Å². The molecule has 2 N–H and O–H groups in total. The summed E-state index contributed by atoms with van der Waals surface area (Å²) in [7, 11) is 0. The van der Waals surface area contributed by atoms with Crippen molar-refractivity contribution in [1.29, 1.82) is 0 Å². The maximum Gasteiger partial charge on any atom is 0.111 e. The lowest BCUT2D eigenvalue weighted by Gasteiger charge is -2.20. The van der Waals surface area contributed by atoms with Gasteiger partial charge in [0.1, 0.15) is 5.76 Å². The molecule has 0 aromatic rings. The smallest absolute Gasteiger partial charge is 0.111 e. The van der Waals surface area contributed by atoms with E-state index in [1.165, 1.54) is 50.8 Å². The molecular formula is C15H25NO. The molecule has 1 fully saturated rings. The van der Waals surface area contributed by atoms with E-state index in [4.69, 9.17) is 0 Å². The number of allylic oxidation sites excluding steroid dienone is 3. The van der Waals surface area contributed by atoms with Gasteiger partial charge in [0.05, 0.1) is 0 Å². The zero-order chi connectivity index (χ0) is 12.1. The van der Waals surface area contributed by atoms with E-state index in [1.54, 1.807) is 0 Å². The molecule has 1 unspecified atom stereocenters. The van der Waals surface area contributed by atoms with Crippen LogP contribution < -0.4 is 5.32 Å². The van der Waals surface area contributed by atoms with E-state index in [0.29, 0.717) is 11.7 Å². The fraction of sp³-hybridized carbons (Fsp3) is 0.733. The van der Waals surface area contributed by atoms with E-state index in [-0.39, 0.29) is 0 Å². The Kier molecular flexibility index (Phi) is 4.66. The van der Waals surface area contributed by atoms with Crippen molar-refractivity contribution in [3.8, 4) is 0 Å². The Balaban J connectivity index is 1.76. The molecule has 0 radical (unpaired) electrons. The van der Waals surface area contributed by atoms with Crippen LogP contribution >= 0.6 is 0 Å². The summed E-state index contributed by atoms with van der Waals surface area (Å²) in [5.74, 6) is 1.93. The Labute approximate surface area is 105 Å². The fourth-order valence-corrected chi connectivity index (χ4v) is 3.09. The minimum atomic E-state index is 0.473. The van der Waals surface area contributed by atoms with E-state index in [9.17, 15) is 5.11 Å². The summed E-state index contributed by atoms with van der Waals surface area (Å²) in [6.07, 6.45) is 11.7. The van der Waals surface area contributed by atoms with Gasteiger partial charge in [-0.15, -0.1) is 0 Å². The Morgan fingerprint density at radius 3 is 3.00 bits per heavy atom. The molecule has 2 aliphatic rings. The molecule has 2 heteroatoms. The molecule has 1 heterocycles. The zero-order valence-corrected chi connectivity index (χ0v) is 10.9. The number of hydrogen-bond acceptors (Lipinski definition) is 2. The molecule has 1 aliphatic carbocycles. The van der Waals surface area contributed by atoms with Gasteiger partial charge in [-0.3, -0.25) is 0 Å². The number of hydrogen-bond donors (Lipinski definition) is 2. The van der Waals surface area contributed by atoms with E-state index >= 15 is 0 Å². The second-order valence-electron chi connectivity index (χ2n) is 5.67. The quantitative estimate of drug-likeness (QED) is 0.784. The Morgan fingerprint density at radius 1 is 1.29 bits per heavy atom. The standard InChI is InChI=1S/C15H25NO/c1-12-9-14(11-15(17)10-12)5-4-13-3-2-7-16-8-6-13/h10-11,13-14,16-17H,2-9H2,1H3/t13?,14-/m0/s1. The second-order valence-corrected chi connectivity index (χ2v) is 5.67. The van der Waals surface area contributed by atoms with Crippen LogP contribution in [0.5, 0.6) is 0 Å². The third-order valence-electron chi connectivity index (χ3n) is 4.03. The first-order valence-electron chi connectivity index (χ1n) is 7.02. The van der Waals surface area contributed by atoms with E-state index < -0.39 is 0 Å². The minimum Gasteiger partial charge on any atom is -0.508 e. The van der Waals surface area contributed by atoms with Gasteiger partial charge in [-0.25, -0.2) is 0 Å². The molecule has 2 nitrogen and oxygen atoms in total. The van der Waals surface area contributed by atoms with Crippen molar-refractivity contribution >= 4 is 0 Å². The molecule has 2 atom stereocenters. The van der Waals surface area contributed by atoms with Crippen LogP contribution in [0.4, 0.5) is 0 Å². The monoisotopic (exact) mass is 235 g/mol. The molecular weight excluding hydrogens is 210 g/mol. The predicted octanol–water partition coefficient (Wildman–Crippen LogP) is 3.56. The number of aliphatic hydroxyl groups excluding tert-OH is 1. The van der Waals surface area contributed by atoms with Gasteiger partial charge < -0.3 is 10.4 Å². The molecule has 0 spiro atoms. The highest BCUT2D eigenvalue weighted by molar-refractivity contribution is 5.22. The van der Waals surface area contributed by atoms with E-state index in [2.05, 4.69) is 12.2 Å². The first kappa shape index (κ1) is 12.7. The van der Waals surface area contributed by atoms with Crippen molar-refractivity contribution < 1.29 is 5.11 Å². The van der Waals surface area contributed by atoms with Crippen molar-refractivity contribution in [2.45, 2.75) is 45.4 Å². The first-order chi connectivity index (χ1) is 8.24. The number of nitrogens with one attached hydrogen (secondary N) is 1. The molecule has 96 valence electrons. The van der Waals surface area contributed by atoms with Crippen LogP contribution in [0.15, 0.2) is 23.5 Å². The lowest BCUT2D eigenvalue weighted by atomic mass is 9.86.